The van der Waals surface area contributed by atoms with Crippen molar-refractivity contribution in [2.75, 3.05) is 18.4 Å². The highest BCUT2D eigenvalue weighted by Crippen LogP contribution is 2.20. The van der Waals surface area contributed by atoms with Crippen LogP contribution in [0.4, 0.5) is 5.13 Å². The van der Waals surface area contributed by atoms with Crippen LogP contribution in [0.3, 0.4) is 0 Å². The van der Waals surface area contributed by atoms with Gasteiger partial charge < -0.3 is 4.74 Å². The molecule has 0 spiro atoms. The highest BCUT2D eigenvalue weighted by molar-refractivity contribution is 7.13. The fourth-order valence-electron chi connectivity index (χ4n) is 3.04. The number of anilines is 1. The summed E-state index contributed by atoms with van der Waals surface area (Å²) < 4.78 is 5.75. The van der Waals surface area contributed by atoms with Crippen LogP contribution in [-0.4, -0.2) is 41.1 Å². The lowest BCUT2D eigenvalue weighted by Crippen LogP contribution is -2.44. The zero-order valence-corrected chi connectivity index (χ0v) is 15.1. The van der Waals surface area contributed by atoms with Crippen molar-refractivity contribution in [1.29, 1.82) is 0 Å². The molecule has 6 heteroatoms. The minimum atomic E-state index is -0.117. The second-order valence-electron chi connectivity index (χ2n) is 6.42. The molecule has 1 fully saturated rings. The molecular weight excluding hydrogens is 322 g/mol. The van der Waals surface area contributed by atoms with Gasteiger partial charge in [-0.25, -0.2) is 4.98 Å². The number of amides is 1. The first-order chi connectivity index (χ1) is 11.5. The lowest BCUT2D eigenvalue weighted by Gasteiger charge is -2.34. The number of benzene rings is 1. The summed E-state index contributed by atoms with van der Waals surface area (Å²) in [6, 6.07) is 7.55. The van der Waals surface area contributed by atoms with Crippen molar-refractivity contribution in [3.05, 3.63) is 46.5 Å². The van der Waals surface area contributed by atoms with E-state index in [1.54, 1.807) is 0 Å². The number of carbonyl (C=O) groups excluding carboxylic acids is 1. The number of nitrogens with zero attached hydrogens (tertiary/aromatic N) is 2. The molecular formula is C18H23N3O2S. The summed E-state index contributed by atoms with van der Waals surface area (Å²) in [6.07, 6.45) is 0.487. The maximum atomic E-state index is 12.3. The van der Waals surface area contributed by atoms with E-state index in [9.17, 15) is 4.79 Å². The number of ether oxygens (including phenoxy) is 1. The summed E-state index contributed by atoms with van der Waals surface area (Å²) in [5, 5.41) is 5.54. The van der Waals surface area contributed by atoms with E-state index >= 15 is 0 Å². The zero-order valence-electron chi connectivity index (χ0n) is 14.3. The van der Waals surface area contributed by atoms with Gasteiger partial charge in [0.15, 0.2) is 5.13 Å². The molecule has 5 nitrogen and oxygen atoms in total. The summed E-state index contributed by atoms with van der Waals surface area (Å²) in [5.74, 6) is -0.117. The van der Waals surface area contributed by atoms with Crippen molar-refractivity contribution in [2.45, 2.75) is 39.5 Å². The van der Waals surface area contributed by atoms with E-state index < -0.39 is 0 Å². The van der Waals surface area contributed by atoms with Crippen LogP contribution in [0.25, 0.3) is 0 Å². The standard InChI is InChI=1S/C18H23N3O2S/c1-12-5-4-6-15(7-12)17(22)20-18-19-16(11-24-18)10-21-8-13(2)23-14(3)9-21/h4-7,11,13-14H,8-10H2,1-3H3,(H,19,20,22)/t13-,14-/m1/s1. The van der Waals surface area contributed by atoms with Crippen LogP contribution in [-0.2, 0) is 11.3 Å². The average molecular weight is 345 g/mol. The number of hydrogen-bond donors (Lipinski definition) is 1. The normalized spacial score (nSPS) is 21.6. The maximum Gasteiger partial charge on any atom is 0.257 e. The van der Waals surface area contributed by atoms with E-state index in [0.717, 1.165) is 30.9 Å². The molecule has 0 bridgehead atoms. The van der Waals surface area contributed by atoms with Gasteiger partial charge in [-0.3, -0.25) is 15.0 Å². The molecule has 24 heavy (non-hydrogen) atoms. The van der Waals surface area contributed by atoms with E-state index in [4.69, 9.17) is 4.74 Å². The van der Waals surface area contributed by atoms with E-state index in [1.807, 2.05) is 36.6 Å². The average Bonchev–Trinajstić information content (AvgIpc) is 2.93. The van der Waals surface area contributed by atoms with Gasteiger partial charge in [-0.1, -0.05) is 17.7 Å². The molecule has 0 saturated carbocycles. The largest absolute Gasteiger partial charge is 0.373 e. The predicted molar refractivity (Wildman–Crippen MR) is 96.5 cm³/mol. The molecule has 1 aliphatic heterocycles. The summed E-state index contributed by atoms with van der Waals surface area (Å²) in [6.45, 7) is 8.77. The molecule has 2 atom stereocenters. The number of rotatable bonds is 4. The van der Waals surface area contributed by atoms with Crippen LogP contribution in [0.2, 0.25) is 0 Å². The Morgan fingerprint density at radius 2 is 2.12 bits per heavy atom. The third kappa shape index (κ3) is 4.41. The summed E-state index contributed by atoms with van der Waals surface area (Å²) in [5.41, 5.74) is 2.71. The Kier molecular flexibility index (Phi) is 5.28. The van der Waals surface area contributed by atoms with E-state index in [0.29, 0.717) is 10.7 Å². The Hall–Kier alpha value is -1.76. The van der Waals surface area contributed by atoms with Crippen LogP contribution < -0.4 is 5.32 Å². The van der Waals surface area contributed by atoms with Crippen molar-refractivity contribution in [3.8, 4) is 0 Å². The highest BCUT2D eigenvalue weighted by Gasteiger charge is 2.22. The first kappa shape index (κ1) is 17.1. The second-order valence-corrected chi connectivity index (χ2v) is 7.28. The van der Waals surface area contributed by atoms with Gasteiger partial charge in [0.1, 0.15) is 0 Å². The maximum absolute atomic E-state index is 12.3. The van der Waals surface area contributed by atoms with E-state index in [2.05, 4.69) is 29.0 Å². The highest BCUT2D eigenvalue weighted by atomic mass is 32.1. The molecule has 1 saturated heterocycles. The number of thiazole rings is 1. The predicted octanol–water partition coefficient (Wildman–Crippen LogP) is 3.31. The van der Waals surface area contributed by atoms with E-state index in [-0.39, 0.29) is 18.1 Å². The van der Waals surface area contributed by atoms with Crippen LogP contribution in [0.5, 0.6) is 0 Å². The molecule has 1 amide bonds. The number of aromatic nitrogens is 1. The first-order valence-electron chi connectivity index (χ1n) is 8.20. The van der Waals surface area contributed by atoms with Gasteiger partial charge in [-0.05, 0) is 32.9 Å². The number of hydrogen-bond acceptors (Lipinski definition) is 5. The Balaban J connectivity index is 1.60. The molecule has 3 rings (SSSR count). The Bertz CT molecular complexity index is 706. The molecule has 1 N–H and O–H groups in total. The molecule has 0 aliphatic carbocycles. The molecule has 2 heterocycles. The smallest absolute Gasteiger partial charge is 0.257 e. The zero-order chi connectivity index (χ0) is 17.1. The molecule has 0 unspecified atom stereocenters. The number of carbonyl (C=O) groups is 1. The molecule has 1 aromatic carbocycles. The topological polar surface area (TPSA) is 54.5 Å². The van der Waals surface area contributed by atoms with Crippen LogP contribution in [0.15, 0.2) is 29.6 Å². The lowest BCUT2D eigenvalue weighted by atomic mass is 10.1. The number of nitrogens with one attached hydrogen (secondary N) is 1. The monoisotopic (exact) mass is 345 g/mol. The molecule has 128 valence electrons. The summed E-state index contributed by atoms with van der Waals surface area (Å²) in [7, 11) is 0. The second kappa shape index (κ2) is 7.42. The van der Waals surface area contributed by atoms with Gasteiger partial charge >= 0.3 is 0 Å². The number of morpholine rings is 1. The van der Waals surface area contributed by atoms with Gasteiger partial charge in [0.25, 0.3) is 5.91 Å². The first-order valence-corrected chi connectivity index (χ1v) is 9.08. The minimum Gasteiger partial charge on any atom is -0.373 e. The minimum absolute atomic E-state index is 0.117. The van der Waals surface area contributed by atoms with Gasteiger partial charge in [0.2, 0.25) is 0 Å². The Morgan fingerprint density at radius 3 is 2.83 bits per heavy atom. The van der Waals surface area contributed by atoms with Gasteiger partial charge in [0, 0.05) is 30.6 Å². The quantitative estimate of drug-likeness (QED) is 0.924. The number of aryl methyl sites for hydroxylation is 1. The third-order valence-electron chi connectivity index (χ3n) is 3.93. The molecule has 1 aromatic heterocycles. The summed E-state index contributed by atoms with van der Waals surface area (Å²) in [4.78, 5) is 19.2. The molecule has 0 radical (unpaired) electrons. The van der Waals surface area contributed by atoms with Gasteiger partial charge in [0.05, 0.1) is 17.9 Å². The SMILES string of the molecule is Cc1cccc(C(=O)Nc2nc(CN3C[C@@H](C)O[C@H](C)C3)cs2)c1. The van der Waals surface area contributed by atoms with Crippen molar-refractivity contribution in [1.82, 2.24) is 9.88 Å². The van der Waals surface area contributed by atoms with Crippen LogP contribution >= 0.6 is 11.3 Å². The Morgan fingerprint density at radius 1 is 1.38 bits per heavy atom. The molecule has 1 aliphatic rings. The summed E-state index contributed by atoms with van der Waals surface area (Å²) >= 11 is 1.47. The molecule has 2 aromatic rings. The van der Waals surface area contributed by atoms with Crippen molar-refractivity contribution >= 4 is 22.4 Å². The fourth-order valence-corrected chi connectivity index (χ4v) is 3.73. The van der Waals surface area contributed by atoms with Crippen molar-refractivity contribution < 1.29 is 9.53 Å². The lowest BCUT2D eigenvalue weighted by molar-refractivity contribution is -0.0707. The Labute approximate surface area is 146 Å². The van der Waals surface area contributed by atoms with Gasteiger partial charge in [-0.15, -0.1) is 11.3 Å². The third-order valence-corrected chi connectivity index (χ3v) is 4.74. The fraction of sp³-hybridized carbons (Fsp3) is 0.444. The van der Waals surface area contributed by atoms with Gasteiger partial charge in [-0.2, -0.15) is 0 Å². The van der Waals surface area contributed by atoms with Crippen molar-refractivity contribution in [3.63, 3.8) is 0 Å². The van der Waals surface area contributed by atoms with E-state index in [1.165, 1.54) is 11.3 Å². The van der Waals surface area contributed by atoms with Crippen LogP contribution in [0.1, 0.15) is 35.5 Å². The van der Waals surface area contributed by atoms with Crippen LogP contribution in [0, 0.1) is 6.92 Å². The van der Waals surface area contributed by atoms with Crippen molar-refractivity contribution in [2.24, 2.45) is 0 Å².